The average molecular weight is 382 g/mol. The second-order valence-electron chi connectivity index (χ2n) is 6.22. The van der Waals surface area contributed by atoms with Crippen LogP contribution in [0.3, 0.4) is 0 Å². The molecule has 0 aliphatic carbocycles. The van der Waals surface area contributed by atoms with Gasteiger partial charge in [-0.25, -0.2) is 13.8 Å². The molecule has 6 heteroatoms. The molecule has 0 fully saturated rings. The van der Waals surface area contributed by atoms with Crippen LogP contribution in [0, 0.1) is 17.6 Å². The van der Waals surface area contributed by atoms with E-state index in [1.807, 2.05) is 24.3 Å². The normalized spacial score (nSPS) is 12.1. The van der Waals surface area contributed by atoms with Crippen molar-refractivity contribution < 1.29 is 18.0 Å². The fourth-order valence-corrected chi connectivity index (χ4v) is 2.69. The van der Waals surface area contributed by atoms with Gasteiger partial charge in [0.15, 0.2) is 0 Å². The lowest BCUT2D eigenvalue weighted by Crippen LogP contribution is -2.24. The summed E-state index contributed by atoms with van der Waals surface area (Å²) in [4.78, 5) is 15.8. The van der Waals surface area contributed by atoms with Gasteiger partial charge in [0, 0.05) is 23.4 Å². The molecule has 3 nitrogen and oxygen atoms in total. The number of halogens is 3. The van der Waals surface area contributed by atoms with E-state index >= 15 is 0 Å². The van der Waals surface area contributed by atoms with Gasteiger partial charge in [-0.2, -0.15) is 4.39 Å². The molecule has 0 radical (unpaired) electrons. The second-order valence-corrected chi connectivity index (χ2v) is 6.22. The Morgan fingerprint density at radius 3 is 2.61 bits per heavy atom. The van der Waals surface area contributed by atoms with Gasteiger partial charge >= 0.3 is 0 Å². The maximum Gasteiger partial charge on any atom is 0.244 e. The predicted octanol–water partition coefficient (Wildman–Crippen LogP) is 5.06. The van der Waals surface area contributed by atoms with Crippen LogP contribution in [0.25, 0.3) is 17.2 Å². The standard InChI is InChI=1S/C22H17F3N2O/c1-14(27-22(28)10-6-17-12-19(23)7-8-20(17)24)15-3-2-4-16(11-15)18-5-9-21(25)26-13-18/h2-14H,1H3,(H,27,28)/b10-6+/t14-/m0/s1. The number of rotatable bonds is 5. The molecule has 1 atom stereocenters. The van der Waals surface area contributed by atoms with Crippen molar-refractivity contribution >= 4 is 12.0 Å². The maximum absolute atomic E-state index is 13.6. The number of carbonyl (C=O) groups is 1. The van der Waals surface area contributed by atoms with Gasteiger partial charge in [-0.1, -0.05) is 18.2 Å². The van der Waals surface area contributed by atoms with Crippen molar-refractivity contribution in [2.24, 2.45) is 0 Å². The number of pyridine rings is 1. The summed E-state index contributed by atoms with van der Waals surface area (Å²) in [6, 6.07) is 13.0. The lowest BCUT2D eigenvalue weighted by Gasteiger charge is -2.14. The van der Waals surface area contributed by atoms with E-state index in [4.69, 9.17) is 0 Å². The Balaban J connectivity index is 1.70. The van der Waals surface area contributed by atoms with Crippen LogP contribution in [0.5, 0.6) is 0 Å². The highest BCUT2D eigenvalue weighted by molar-refractivity contribution is 5.92. The average Bonchev–Trinajstić information content (AvgIpc) is 2.69. The van der Waals surface area contributed by atoms with Crippen molar-refractivity contribution in [3.05, 3.63) is 95.6 Å². The van der Waals surface area contributed by atoms with Gasteiger partial charge in [0.1, 0.15) is 11.6 Å². The highest BCUT2D eigenvalue weighted by Crippen LogP contribution is 2.23. The first kappa shape index (κ1) is 19.4. The van der Waals surface area contributed by atoms with E-state index in [-0.39, 0.29) is 11.6 Å². The number of hydrogen-bond acceptors (Lipinski definition) is 2. The topological polar surface area (TPSA) is 42.0 Å². The Hall–Kier alpha value is -3.41. The van der Waals surface area contributed by atoms with Crippen LogP contribution in [0.2, 0.25) is 0 Å². The molecule has 3 rings (SSSR count). The summed E-state index contributed by atoms with van der Waals surface area (Å²) >= 11 is 0. The van der Waals surface area contributed by atoms with Gasteiger partial charge in [0.2, 0.25) is 11.9 Å². The first-order valence-corrected chi connectivity index (χ1v) is 8.58. The lowest BCUT2D eigenvalue weighted by molar-refractivity contribution is -0.117. The van der Waals surface area contributed by atoms with Crippen LogP contribution < -0.4 is 5.32 Å². The summed E-state index contributed by atoms with van der Waals surface area (Å²) in [5, 5.41) is 2.77. The van der Waals surface area contributed by atoms with Crippen molar-refractivity contribution in [2.75, 3.05) is 0 Å². The molecular weight excluding hydrogens is 365 g/mol. The Bertz CT molecular complexity index is 1020. The van der Waals surface area contributed by atoms with Crippen LogP contribution in [-0.2, 0) is 4.79 Å². The van der Waals surface area contributed by atoms with Gasteiger partial charge < -0.3 is 5.32 Å². The summed E-state index contributed by atoms with van der Waals surface area (Å²) < 4.78 is 39.8. The third kappa shape index (κ3) is 4.85. The van der Waals surface area contributed by atoms with E-state index in [1.165, 1.54) is 18.3 Å². The molecule has 1 aromatic heterocycles. The number of benzene rings is 2. The molecule has 28 heavy (non-hydrogen) atoms. The number of aromatic nitrogens is 1. The summed E-state index contributed by atoms with van der Waals surface area (Å²) in [7, 11) is 0. The summed E-state index contributed by atoms with van der Waals surface area (Å²) in [6.45, 7) is 1.80. The SMILES string of the molecule is C[C@H](NC(=O)/C=C/c1cc(F)ccc1F)c1cccc(-c2ccc(F)nc2)c1. The molecule has 1 heterocycles. The summed E-state index contributed by atoms with van der Waals surface area (Å²) in [5.74, 6) is -2.19. The second kappa shape index (κ2) is 8.52. The van der Waals surface area contributed by atoms with E-state index in [0.29, 0.717) is 0 Å². The number of nitrogens with one attached hydrogen (secondary N) is 1. The summed E-state index contributed by atoms with van der Waals surface area (Å²) in [5.41, 5.74) is 2.42. The molecule has 142 valence electrons. The third-order valence-corrected chi connectivity index (χ3v) is 4.18. The molecule has 0 bridgehead atoms. The molecule has 0 saturated heterocycles. The van der Waals surface area contributed by atoms with Gasteiger partial charge in [-0.05, 0) is 60.5 Å². The molecule has 0 aliphatic heterocycles. The van der Waals surface area contributed by atoms with E-state index in [9.17, 15) is 18.0 Å². The number of hydrogen-bond donors (Lipinski definition) is 1. The third-order valence-electron chi connectivity index (χ3n) is 4.18. The molecule has 0 spiro atoms. The zero-order valence-corrected chi connectivity index (χ0v) is 15.0. The highest BCUT2D eigenvalue weighted by Gasteiger charge is 2.10. The first-order chi connectivity index (χ1) is 13.4. The zero-order valence-electron chi connectivity index (χ0n) is 15.0. The monoisotopic (exact) mass is 382 g/mol. The van der Waals surface area contributed by atoms with Gasteiger partial charge in [0.25, 0.3) is 0 Å². The quantitative estimate of drug-likeness (QED) is 0.495. The molecule has 0 saturated carbocycles. The number of nitrogens with zero attached hydrogens (tertiary/aromatic N) is 1. The fraction of sp³-hybridized carbons (Fsp3) is 0.0909. The summed E-state index contributed by atoms with van der Waals surface area (Å²) in [6.07, 6.45) is 3.82. The smallest absolute Gasteiger partial charge is 0.244 e. The van der Waals surface area contributed by atoms with E-state index in [0.717, 1.165) is 41.0 Å². The van der Waals surface area contributed by atoms with E-state index in [2.05, 4.69) is 10.3 Å². The first-order valence-electron chi connectivity index (χ1n) is 8.58. The molecule has 0 aliphatic rings. The fourth-order valence-electron chi connectivity index (χ4n) is 2.69. The number of amides is 1. The Labute approximate surface area is 160 Å². The van der Waals surface area contributed by atoms with Crippen LogP contribution in [0.1, 0.15) is 24.1 Å². The molecular formula is C22H17F3N2O. The van der Waals surface area contributed by atoms with Crippen LogP contribution in [0.15, 0.2) is 66.9 Å². The van der Waals surface area contributed by atoms with Gasteiger partial charge in [-0.3, -0.25) is 4.79 Å². The van der Waals surface area contributed by atoms with E-state index in [1.54, 1.807) is 13.0 Å². The van der Waals surface area contributed by atoms with Crippen molar-refractivity contribution in [3.8, 4) is 11.1 Å². The van der Waals surface area contributed by atoms with Crippen LogP contribution in [0.4, 0.5) is 13.2 Å². The van der Waals surface area contributed by atoms with Crippen molar-refractivity contribution in [3.63, 3.8) is 0 Å². The minimum atomic E-state index is -0.612. The van der Waals surface area contributed by atoms with Gasteiger partial charge in [0.05, 0.1) is 6.04 Å². The van der Waals surface area contributed by atoms with Crippen LogP contribution in [-0.4, -0.2) is 10.9 Å². The molecule has 0 unspecified atom stereocenters. The lowest BCUT2D eigenvalue weighted by atomic mass is 10.0. The minimum Gasteiger partial charge on any atom is -0.346 e. The van der Waals surface area contributed by atoms with Crippen LogP contribution >= 0.6 is 0 Å². The Kier molecular flexibility index (Phi) is 5.89. The largest absolute Gasteiger partial charge is 0.346 e. The number of carbonyl (C=O) groups excluding carboxylic acids is 1. The highest BCUT2D eigenvalue weighted by atomic mass is 19.1. The predicted molar refractivity (Wildman–Crippen MR) is 102 cm³/mol. The molecule has 2 aromatic carbocycles. The molecule has 3 aromatic rings. The minimum absolute atomic E-state index is 0.00592. The van der Waals surface area contributed by atoms with Crippen molar-refractivity contribution in [1.82, 2.24) is 10.3 Å². The van der Waals surface area contributed by atoms with Gasteiger partial charge in [-0.15, -0.1) is 0 Å². The van der Waals surface area contributed by atoms with E-state index < -0.39 is 23.5 Å². The zero-order chi connectivity index (χ0) is 20.1. The Morgan fingerprint density at radius 2 is 1.86 bits per heavy atom. The van der Waals surface area contributed by atoms with Crippen molar-refractivity contribution in [2.45, 2.75) is 13.0 Å². The maximum atomic E-state index is 13.6. The molecule has 1 amide bonds. The molecule has 1 N–H and O–H groups in total. The Morgan fingerprint density at radius 1 is 1.04 bits per heavy atom. The van der Waals surface area contributed by atoms with Crippen molar-refractivity contribution in [1.29, 1.82) is 0 Å².